The highest BCUT2D eigenvalue weighted by Crippen LogP contribution is 2.23. The Hall–Kier alpha value is -0.520. The highest BCUT2D eigenvalue weighted by molar-refractivity contribution is 7.89. The van der Waals surface area contributed by atoms with Crippen LogP contribution in [0.2, 0.25) is 0 Å². The van der Waals surface area contributed by atoms with Gasteiger partial charge in [-0.1, -0.05) is 39.8 Å². The Morgan fingerprint density at radius 1 is 1.22 bits per heavy atom. The van der Waals surface area contributed by atoms with E-state index in [1.807, 2.05) is 19.1 Å². The lowest BCUT2D eigenvalue weighted by Crippen LogP contribution is -2.28. The first-order valence-electron chi connectivity index (χ1n) is 5.91. The molecule has 0 fully saturated rings. The van der Waals surface area contributed by atoms with Crippen molar-refractivity contribution in [2.24, 2.45) is 0 Å². The first kappa shape index (κ1) is 15.5. The Morgan fingerprint density at radius 3 is 2.11 bits per heavy atom. The molecule has 3 nitrogen and oxygen atoms in total. The van der Waals surface area contributed by atoms with Gasteiger partial charge in [0.15, 0.2) is 0 Å². The van der Waals surface area contributed by atoms with Crippen molar-refractivity contribution in [1.29, 1.82) is 0 Å². The first-order chi connectivity index (χ1) is 8.13. The van der Waals surface area contributed by atoms with Crippen molar-refractivity contribution in [1.82, 2.24) is 4.72 Å². The highest BCUT2D eigenvalue weighted by atomic mass is 32.2. The lowest BCUT2D eigenvalue weighted by atomic mass is 9.87. The van der Waals surface area contributed by atoms with E-state index >= 15 is 0 Å². The van der Waals surface area contributed by atoms with Crippen LogP contribution in [0.4, 0.5) is 0 Å². The Kier molecular flexibility index (Phi) is 4.86. The van der Waals surface area contributed by atoms with E-state index in [4.69, 9.17) is 0 Å². The molecule has 0 aliphatic heterocycles. The van der Waals surface area contributed by atoms with Gasteiger partial charge in [0.25, 0.3) is 0 Å². The maximum absolute atomic E-state index is 12.0. The van der Waals surface area contributed by atoms with E-state index in [9.17, 15) is 8.42 Å². The molecule has 0 amide bonds. The van der Waals surface area contributed by atoms with Crippen LogP contribution in [0.25, 0.3) is 0 Å². The van der Waals surface area contributed by atoms with Crippen molar-refractivity contribution < 1.29 is 8.42 Å². The molecule has 1 atom stereocenters. The SMILES string of the molecule is CC(S)CNS(=O)(=O)c1ccc(C(C)(C)C)cc1. The standard InChI is InChI=1S/C13H21NO2S2/c1-10(17)9-14-18(15,16)12-7-5-11(6-8-12)13(2,3)4/h5-8,10,14,17H,9H2,1-4H3. The molecule has 0 spiro atoms. The molecule has 1 aromatic carbocycles. The minimum atomic E-state index is -3.42. The zero-order valence-electron chi connectivity index (χ0n) is 11.3. The molecule has 0 radical (unpaired) electrons. The zero-order chi connectivity index (χ0) is 14.0. The van der Waals surface area contributed by atoms with Crippen molar-refractivity contribution in [2.75, 3.05) is 6.54 Å². The van der Waals surface area contributed by atoms with Gasteiger partial charge < -0.3 is 0 Å². The average molecular weight is 287 g/mol. The molecule has 1 N–H and O–H groups in total. The second-order valence-electron chi connectivity index (χ2n) is 5.48. The van der Waals surface area contributed by atoms with Crippen LogP contribution in [0.15, 0.2) is 29.2 Å². The maximum Gasteiger partial charge on any atom is 0.240 e. The van der Waals surface area contributed by atoms with Crippen LogP contribution in [0.1, 0.15) is 33.3 Å². The van der Waals surface area contributed by atoms with Crippen LogP contribution < -0.4 is 4.72 Å². The number of sulfonamides is 1. The van der Waals surface area contributed by atoms with Crippen molar-refractivity contribution in [3.05, 3.63) is 29.8 Å². The fraction of sp³-hybridized carbons (Fsp3) is 0.538. The third kappa shape index (κ3) is 4.30. The van der Waals surface area contributed by atoms with Crippen LogP contribution in [0.3, 0.4) is 0 Å². The van der Waals surface area contributed by atoms with Gasteiger partial charge in [0.1, 0.15) is 0 Å². The summed E-state index contributed by atoms with van der Waals surface area (Å²) in [6, 6.07) is 7.01. The third-order valence-corrected chi connectivity index (χ3v) is 4.22. The number of hydrogen-bond donors (Lipinski definition) is 2. The van der Waals surface area contributed by atoms with E-state index in [1.165, 1.54) is 0 Å². The van der Waals surface area contributed by atoms with Crippen LogP contribution >= 0.6 is 12.6 Å². The normalized spacial score (nSPS) is 14.5. The van der Waals surface area contributed by atoms with Crippen LogP contribution in [-0.2, 0) is 15.4 Å². The number of nitrogens with one attached hydrogen (secondary N) is 1. The molecule has 0 aliphatic carbocycles. The lowest BCUT2D eigenvalue weighted by Gasteiger charge is -2.19. The molecule has 1 aromatic rings. The molecular formula is C13H21NO2S2. The van der Waals surface area contributed by atoms with E-state index < -0.39 is 10.0 Å². The molecule has 102 valence electrons. The Morgan fingerprint density at radius 2 is 1.72 bits per heavy atom. The summed E-state index contributed by atoms with van der Waals surface area (Å²) in [6.45, 7) is 8.45. The molecule has 18 heavy (non-hydrogen) atoms. The van der Waals surface area contributed by atoms with Gasteiger partial charge >= 0.3 is 0 Å². The first-order valence-corrected chi connectivity index (χ1v) is 7.91. The number of thiol groups is 1. The summed E-state index contributed by atoms with van der Waals surface area (Å²) >= 11 is 4.15. The molecule has 1 rings (SSSR count). The largest absolute Gasteiger partial charge is 0.240 e. The molecule has 0 aliphatic rings. The summed E-state index contributed by atoms with van der Waals surface area (Å²) in [5.74, 6) is 0. The second kappa shape index (κ2) is 5.63. The second-order valence-corrected chi connectivity index (χ2v) is 8.12. The summed E-state index contributed by atoms with van der Waals surface area (Å²) in [6.07, 6.45) is 0. The van der Waals surface area contributed by atoms with Gasteiger partial charge in [-0.2, -0.15) is 12.6 Å². The zero-order valence-corrected chi connectivity index (χ0v) is 13.0. The monoisotopic (exact) mass is 287 g/mol. The fourth-order valence-corrected chi connectivity index (χ4v) is 2.79. The van der Waals surface area contributed by atoms with Gasteiger partial charge in [-0.15, -0.1) is 0 Å². The summed E-state index contributed by atoms with van der Waals surface area (Å²) in [5.41, 5.74) is 1.14. The van der Waals surface area contributed by atoms with Crippen LogP contribution in [0.5, 0.6) is 0 Å². The smallest absolute Gasteiger partial charge is 0.210 e. The maximum atomic E-state index is 12.0. The molecule has 0 bridgehead atoms. The molecule has 0 saturated heterocycles. The molecule has 0 saturated carbocycles. The van der Waals surface area contributed by atoms with E-state index in [1.54, 1.807) is 12.1 Å². The Labute approximate surface area is 115 Å². The molecule has 5 heteroatoms. The number of rotatable bonds is 4. The van der Waals surface area contributed by atoms with E-state index in [0.29, 0.717) is 11.4 Å². The summed E-state index contributed by atoms with van der Waals surface area (Å²) in [5, 5.41) is -0.00590. The predicted octanol–water partition coefficient (Wildman–Crippen LogP) is 2.58. The van der Waals surface area contributed by atoms with Gasteiger partial charge in [0, 0.05) is 11.8 Å². The van der Waals surface area contributed by atoms with Gasteiger partial charge in [-0.3, -0.25) is 0 Å². The topological polar surface area (TPSA) is 46.2 Å². The molecular weight excluding hydrogens is 266 g/mol. The fourth-order valence-electron chi connectivity index (χ4n) is 1.45. The predicted molar refractivity (Wildman–Crippen MR) is 78.8 cm³/mol. The van der Waals surface area contributed by atoms with Crippen LogP contribution in [0, 0.1) is 0 Å². The van der Waals surface area contributed by atoms with Gasteiger partial charge in [-0.25, -0.2) is 13.1 Å². The molecule has 0 aromatic heterocycles. The molecule has 0 heterocycles. The van der Waals surface area contributed by atoms with E-state index in [0.717, 1.165) is 5.56 Å². The summed E-state index contributed by atoms with van der Waals surface area (Å²) in [4.78, 5) is 0.296. The van der Waals surface area contributed by atoms with Crippen molar-refractivity contribution in [2.45, 2.75) is 43.3 Å². The Bertz CT molecular complexity index is 485. The van der Waals surface area contributed by atoms with E-state index in [2.05, 4.69) is 38.1 Å². The highest BCUT2D eigenvalue weighted by Gasteiger charge is 2.17. The molecule has 1 unspecified atom stereocenters. The lowest BCUT2D eigenvalue weighted by molar-refractivity contribution is 0.578. The summed E-state index contributed by atoms with van der Waals surface area (Å²) < 4.78 is 26.4. The van der Waals surface area contributed by atoms with Crippen LogP contribution in [-0.4, -0.2) is 20.2 Å². The third-order valence-electron chi connectivity index (χ3n) is 2.60. The Balaban J connectivity index is 2.91. The van der Waals surface area contributed by atoms with Crippen molar-refractivity contribution in [3.8, 4) is 0 Å². The minimum absolute atomic E-state index is 0.00590. The van der Waals surface area contributed by atoms with Gasteiger partial charge in [-0.05, 0) is 23.1 Å². The van der Waals surface area contributed by atoms with E-state index in [-0.39, 0.29) is 10.7 Å². The minimum Gasteiger partial charge on any atom is -0.210 e. The average Bonchev–Trinajstić information content (AvgIpc) is 2.26. The summed E-state index contributed by atoms with van der Waals surface area (Å²) in [7, 11) is -3.42. The number of benzene rings is 1. The van der Waals surface area contributed by atoms with Crippen molar-refractivity contribution in [3.63, 3.8) is 0 Å². The van der Waals surface area contributed by atoms with Gasteiger partial charge in [0.05, 0.1) is 4.90 Å². The number of hydrogen-bond acceptors (Lipinski definition) is 3. The quantitative estimate of drug-likeness (QED) is 0.836. The van der Waals surface area contributed by atoms with Gasteiger partial charge in [0.2, 0.25) is 10.0 Å². The van der Waals surface area contributed by atoms with Crippen molar-refractivity contribution >= 4 is 22.7 Å².